The van der Waals surface area contributed by atoms with Crippen molar-refractivity contribution >= 4 is 23.6 Å². The van der Waals surface area contributed by atoms with Gasteiger partial charge in [0.15, 0.2) is 10.2 Å². The second-order valence-electron chi connectivity index (χ2n) is 1.86. The van der Waals surface area contributed by atoms with E-state index in [2.05, 4.69) is 4.98 Å². The zero-order valence-corrected chi connectivity index (χ0v) is 6.71. The standard InChI is InChI=1S/C5H7NO2S2/c7-4(8)1-3-2-10-5(9)6-3/h2,4,7-8H,1H2,(H,6,9). The molecule has 0 aromatic carbocycles. The number of hydrogen-bond acceptors (Lipinski definition) is 4. The number of aliphatic hydroxyl groups is 2. The minimum atomic E-state index is -1.29. The average Bonchev–Trinajstić information content (AvgIpc) is 2.13. The van der Waals surface area contributed by atoms with Crippen LogP contribution in [0, 0.1) is 3.95 Å². The van der Waals surface area contributed by atoms with Gasteiger partial charge in [0, 0.05) is 17.5 Å². The zero-order chi connectivity index (χ0) is 7.56. The molecule has 0 aliphatic heterocycles. The summed E-state index contributed by atoms with van der Waals surface area (Å²) in [4.78, 5) is 2.82. The van der Waals surface area contributed by atoms with Crippen molar-refractivity contribution in [1.29, 1.82) is 0 Å². The average molecular weight is 177 g/mol. The van der Waals surface area contributed by atoms with Crippen LogP contribution in [-0.2, 0) is 6.42 Å². The van der Waals surface area contributed by atoms with Crippen LogP contribution in [0.4, 0.5) is 0 Å². The molecule has 0 radical (unpaired) electrons. The maximum Gasteiger partial charge on any atom is 0.158 e. The molecule has 10 heavy (non-hydrogen) atoms. The van der Waals surface area contributed by atoms with Gasteiger partial charge in [-0.3, -0.25) is 0 Å². The smallest absolute Gasteiger partial charge is 0.158 e. The second kappa shape index (κ2) is 3.25. The van der Waals surface area contributed by atoms with Gasteiger partial charge in [0.05, 0.1) is 0 Å². The Labute approximate surface area is 67.0 Å². The molecule has 0 aliphatic carbocycles. The van der Waals surface area contributed by atoms with Gasteiger partial charge in [0.1, 0.15) is 0 Å². The Hall–Kier alpha value is -0.230. The van der Waals surface area contributed by atoms with Crippen LogP contribution in [0.2, 0.25) is 0 Å². The molecule has 1 rings (SSSR count). The third-order valence-electron chi connectivity index (χ3n) is 0.973. The summed E-state index contributed by atoms with van der Waals surface area (Å²) in [5, 5.41) is 18.8. The number of aromatic nitrogens is 1. The molecular weight excluding hydrogens is 170 g/mol. The first kappa shape index (κ1) is 7.87. The van der Waals surface area contributed by atoms with Gasteiger partial charge in [0.25, 0.3) is 0 Å². The third kappa shape index (κ3) is 2.18. The Kier molecular flexibility index (Phi) is 2.56. The summed E-state index contributed by atoms with van der Waals surface area (Å²) in [6, 6.07) is 0. The fourth-order valence-electron chi connectivity index (χ4n) is 0.611. The number of hydrogen-bond donors (Lipinski definition) is 3. The molecule has 0 amide bonds. The van der Waals surface area contributed by atoms with E-state index in [0.717, 1.165) is 5.69 Å². The van der Waals surface area contributed by atoms with E-state index >= 15 is 0 Å². The highest BCUT2D eigenvalue weighted by atomic mass is 32.1. The van der Waals surface area contributed by atoms with Crippen LogP contribution >= 0.6 is 23.6 Å². The van der Waals surface area contributed by atoms with E-state index in [1.807, 2.05) is 0 Å². The maximum atomic E-state index is 8.52. The second-order valence-corrected chi connectivity index (χ2v) is 3.40. The van der Waals surface area contributed by atoms with Gasteiger partial charge < -0.3 is 15.2 Å². The minimum Gasteiger partial charge on any atom is -0.368 e. The highest BCUT2D eigenvalue weighted by molar-refractivity contribution is 7.73. The van der Waals surface area contributed by atoms with Crippen LogP contribution in [0.5, 0.6) is 0 Å². The van der Waals surface area contributed by atoms with Gasteiger partial charge in [-0.15, -0.1) is 11.3 Å². The van der Waals surface area contributed by atoms with Gasteiger partial charge in [-0.25, -0.2) is 0 Å². The van der Waals surface area contributed by atoms with Gasteiger partial charge in [-0.1, -0.05) is 0 Å². The largest absolute Gasteiger partial charge is 0.368 e. The summed E-state index contributed by atoms with van der Waals surface area (Å²) in [6.07, 6.45) is -1.08. The first-order chi connectivity index (χ1) is 4.68. The minimum absolute atomic E-state index is 0.215. The third-order valence-corrected chi connectivity index (χ3v) is 2.08. The summed E-state index contributed by atoms with van der Waals surface area (Å²) in [5.41, 5.74) is 0.769. The molecule has 0 saturated heterocycles. The molecule has 0 fully saturated rings. The van der Waals surface area contributed by atoms with E-state index in [1.54, 1.807) is 5.38 Å². The number of rotatable bonds is 2. The lowest BCUT2D eigenvalue weighted by atomic mass is 10.3. The van der Waals surface area contributed by atoms with E-state index in [0.29, 0.717) is 3.95 Å². The monoisotopic (exact) mass is 177 g/mol. The Bertz CT molecular complexity index is 252. The van der Waals surface area contributed by atoms with Crippen LogP contribution < -0.4 is 0 Å². The van der Waals surface area contributed by atoms with Gasteiger partial charge in [-0.2, -0.15) is 0 Å². The molecule has 0 saturated carbocycles. The van der Waals surface area contributed by atoms with Crippen molar-refractivity contribution in [2.75, 3.05) is 0 Å². The lowest BCUT2D eigenvalue weighted by Crippen LogP contribution is -2.08. The molecule has 0 bridgehead atoms. The van der Waals surface area contributed by atoms with Crippen molar-refractivity contribution in [1.82, 2.24) is 4.98 Å². The molecule has 3 nitrogen and oxygen atoms in total. The van der Waals surface area contributed by atoms with Crippen molar-refractivity contribution in [2.45, 2.75) is 12.7 Å². The summed E-state index contributed by atoms with van der Waals surface area (Å²) in [5.74, 6) is 0. The normalized spacial score (nSPS) is 10.7. The predicted molar refractivity (Wildman–Crippen MR) is 41.4 cm³/mol. The Morgan fingerprint density at radius 1 is 1.70 bits per heavy atom. The van der Waals surface area contributed by atoms with Crippen molar-refractivity contribution in [2.24, 2.45) is 0 Å². The van der Waals surface area contributed by atoms with Crippen LogP contribution in [0.25, 0.3) is 0 Å². The van der Waals surface area contributed by atoms with E-state index in [9.17, 15) is 0 Å². The predicted octanol–water partition coefficient (Wildman–Crippen LogP) is 0.659. The molecule has 0 unspecified atom stereocenters. The lowest BCUT2D eigenvalue weighted by molar-refractivity contribution is -0.0387. The van der Waals surface area contributed by atoms with Gasteiger partial charge >= 0.3 is 0 Å². The van der Waals surface area contributed by atoms with E-state index in [-0.39, 0.29) is 6.42 Å². The Morgan fingerprint density at radius 3 is 2.80 bits per heavy atom. The number of thiazole rings is 1. The highest BCUT2D eigenvalue weighted by Gasteiger charge is 2.00. The lowest BCUT2D eigenvalue weighted by Gasteiger charge is -1.97. The molecule has 3 N–H and O–H groups in total. The number of aromatic amines is 1. The van der Waals surface area contributed by atoms with Crippen molar-refractivity contribution in [3.05, 3.63) is 15.0 Å². The first-order valence-electron chi connectivity index (χ1n) is 2.71. The maximum absolute atomic E-state index is 8.52. The molecule has 5 heteroatoms. The van der Waals surface area contributed by atoms with Crippen molar-refractivity contribution in [3.63, 3.8) is 0 Å². The molecule has 0 aliphatic rings. The van der Waals surface area contributed by atoms with Gasteiger partial charge in [-0.05, 0) is 12.2 Å². The molecule has 1 heterocycles. The van der Waals surface area contributed by atoms with E-state index in [1.165, 1.54) is 11.3 Å². The van der Waals surface area contributed by atoms with E-state index in [4.69, 9.17) is 22.4 Å². The fourth-order valence-corrected chi connectivity index (χ4v) is 1.48. The van der Waals surface area contributed by atoms with Crippen molar-refractivity contribution < 1.29 is 10.2 Å². The van der Waals surface area contributed by atoms with Crippen LogP contribution in [0.15, 0.2) is 5.38 Å². The number of H-pyrrole nitrogens is 1. The van der Waals surface area contributed by atoms with Gasteiger partial charge in [0.2, 0.25) is 0 Å². The molecule has 56 valence electrons. The molecule has 0 spiro atoms. The fraction of sp³-hybridized carbons (Fsp3) is 0.400. The first-order valence-corrected chi connectivity index (χ1v) is 4.00. The van der Waals surface area contributed by atoms with E-state index < -0.39 is 6.29 Å². The van der Waals surface area contributed by atoms with Crippen LogP contribution in [0.3, 0.4) is 0 Å². The number of nitrogens with one attached hydrogen (secondary N) is 1. The molecular formula is C5H7NO2S2. The summed E-state index contributed by atoms with van der Waals surface area (Å²) in [7, 11) is 0. The highest BCUT2D eigenvalue weighted by Crippen LogP contribution is 2.05. The molecule has 0 atom stereocenters. The topological polar surface area (TPSA) is 56.2 Å². The van der Waals surface area contributed by atoms with Crippen LogP contribution in [-0.4, -0.2) is 21.5 Å². The molecule has 1 aromatic rings. The zero-order valence-electron chi connectivity index (χ0n) is 5.07. The Balaban J connectivity index is 2.67. The SMILES string of the molecule is OC(O)Cc1csc(=S)[nH]1. The Morgan fingerprint density at radius 2 is 2.40 bits per heavy atom. The quantitative estimate of drug-likeness (QED) is 0.459. The van der Waals surface area contributed by atoms with Crippen LogP contribution in [0.1, 0.15) is 5.69 Å². The number of aliphatic hydroxyl groups excluding tert-OH is 1. The summed E-state index contributed by atoms with van der Waals surface area (Å²) in [6.45, 7) is 0. The van der Waals surface area contributed by atoms with Crippen molar-refractivity contribution in [3.8, 4) is 0 Å². The molecule has 1 aromatic heterocycles. The summed E-state index contributed by atoms with van der Waals surface area (Å²) < 4.78 is 0.663. The summed E-state index contributed by atoms with van der Waals surface area (Å²) >= 11 is 6.17.